The average Bonchev–Trinajstić information content (AvgIpc) is 2.56. The third kappa shape index (κ3) is 11.9. The smallest absolute Gasteiger partial charge is 0.234 e. The number of carbonyl (C=O) groups is 1. The highest BCUT2D eigenvalue weighted by molar-refractivity contribution is 14.0. The van der Waals surface area contributed by atoms with Gasteiger partial charge in [0.05, 0.1) is 6.54 Å². The molecule has 0 aromatic heterocycles. The largest absolute Gasteiger partial charge is 0.355 e. The van der Waals surface area contributed by atoms with Gasteiger partial charge in [-0.1, -0.05) is 6.92 Å². The fourth-order valence-corrected chi connectivity index (χ4v) is 2.77. The lowest BCUT2D eigenvalue weighted by Gasteiger charge is -2.32. The van der Waals surface area contributed by atoms with E-state index in [-0.39, 0.29) is 35.4 Å². The molecule has 8 heteroatoms. The number of likely N-dealkylation sites (tertiary alicyclic amines) is 1. The van der Waals surface area contributed by atoms with E-state index in [0.717, 1.165) is 57.9 Å². The number of piperidine rings is 1. The van der Waals surface area contributed by atoms with E-state index in [1.807, 2.05) is 0 Å². The number of amides is 1. The number of halogens is 1. The highest BCUT2D eigenvalue weighted by Gasteiger charge is 2.21. The molecule has 26 heavy (non-hydrogen) atoms. The molecule has 1 saturated heterocycles. The minimum atomic E-state index is 0. The molecule has 7 nitrogen and oxygen atoms in total. The van der Waals surface area contributed by atoms with E-state index in [1.165, 1.54) is 0 Å². The first-order chi connectivity index (χ1) is 11.8. The summed E-state index contributed by atoms with van der Waals surface area (Å²) in [5.74, 6) is 0.993. The number of rotatable bonds is 8. The monoisotopic (exact) mass is 482 g/mol. The van der Waals surface area contributed by atoms with Crippen LogP contribution in [-0.4, -0.2) is 74.7 Å². The van der Waals surface area contributed by atoms with Gasteiger partial charge < -0.3 is 21.3 Å². The van der Waals surface area contributed by atoms with Crippen molar-refractivity contribution in [3.63, 3.8) is 0 Å². The SMILES string of the molecule is CCCNC(=O)CN1CCC(NC(=NC)NCCNC(C)(C)C)CC1.I. The Morgan fingerprint density at radius 2 is 1.77 bits per heavy atom. The zero-order chi connectivity index (χ0) is 18.7. The number of carbonyl (C=O) groups excluding carboxylic acids is 1. The highest BCUT2D eigenvalue weighted by Crippen LogP contribution is 2.09. The summed E-state index contributed by atoms with van der Waals surface area (Å²) in [6.07, 6.45) is 3.04. The summed E-state index contributed by atoms with van der Waals surface area (Å²) in [6.45, 7) is 13.5. The van der Waals surface area contributed by atoms with Crippen molar-refractivity contribution in [2.45, 2.75) is 58.5 Å². The lowest BCUT2D eigenvalue weighted by molar-refractivity contribution is -0.122. The van der Waals surface area contributed by atoms with Crippen molar-refractivity contribution in [3.05, 3.63) is 0 Å². The van der Waals surface area contributed by atoms with Crippen LogP contribution in [-0.2, 0) is 4.79 Å². The fourth-order valence-electron chi connectivity index (χ4n) is 2.77. The predicted molar refractivity (Wildman–Crippen MR) is 120 cm³/mol. The zero-order valence-electron chi connectivity index (χ0n) is 17.2. The molecule has 1 heterocycles. The van der Waals surface area contributed by atoms with E-state index in [1.54, 1.807) is 7.05 Å². The normalized spacial score (nSPS) is 16.7. The Balaban J connectivity index is 0.00000625. The number of guanidine groups is 1. The number of aliphatic imine (C=N–C) groups is 1. The first kappa shape index (κ1) is 25.4. The topological polar surface area (TPSA) is 80.8 Å². The molecule has 0 aromatic rings. The lowest BCUT2D eigenvalue weighted by atomic mass is 10.1. The minimum absolute atomic E-state index is 0. The van der Waals surface area contributed by atoms with E-state index in [0.29, 0.717) is 12.6 Å². The first-order valence-electron chi connectivity index (χ1n) is 9.55. The third-order valence-electron chi connectivity index (χ3n) is 4.16. The number of hydrogen-bond acceptors (Lipinski definition) is 4. The van der Waals surface area contributed by atoms with Crippen LogP contribution in [0.25, 0.3) is 0 Å². The molecule has 0 saturated carbocycles. The van der Waals surface area contributed by atoms with Crippen LogP contribution in [0.15, 0.2) is 4.99 Å². The molecule has 0 aromatic carbocycles. The average molecular weight is 482 g/mol. The molecular weight excluding hydrogens is 443 g/mol. The molecule has 1 rings (SSSR count). The molecule has 0 aliphatic carbocycles. The van der Waals surface area contributed by atoms with Gasteiger partial charge in [-0.25, -0.2) is 0 Å². The third-order valence-corrected chi connectivity index (χ3v) is 4.16. The maximum atomic E-state index is 11.8. The summed E-state index contributed by atoms with van der Waals surface area (Å²) in [7, 11) is 1.81. The molecule has 1 aliphatic rings. The lowest BCUT2D eigenvalue weighted by Crippen LogP contribution is -2.51. The molecule has 1 aliphatic heterocycles. The van der Waals surface area contributed by atoms with Gasteiger partial charge in [0.15, 0.2) is 5.96 Å². The van der Waals surface area contributed by atoms with Crippen molar-refractivity contribution in [2.24, 2.45) is 4.99 Å². The van der Waals surface area contributed by atoms with Crippen molar-refractivity contribution >= 4 is 35.8 Å². The Morgan fingerprint density at radius 1 is 1.12 bits per heavy atom. The second-order valence-corrected chi connectivity index (χ2v) is 7.72. The van der Waals surface area contributed by atoms with Gasteiger partial charge >= 0.3 is 0 Å². The Hall–Kier alpha value is -0.610. The predicted octanol–water partition coefficient (Wildman–Crippen LogP) is 1.15. The maximum Gasteiger partial charge on any atom is 0.234 e. The minimum Gasteiger partial charge on any atom is -0.355 e. The van der Waals surface area contributed by atoms with Crippen molar-refractivity contribution < 1.29 is 4.79 Å². The van der Waals surface area contributed by atoms with Gasteiger partial charge in [0.25, 0.3) is 0 Å². The van der Waals surface area contributed by atoms with E-state index >= 15 is 0 Å². The van der Waals surface area contributed by atoms with E-state index in [2.05, 4.69) is 58.9 Å². The summed E-state index contributed by atoms with van der Waals surface area (Å²) in [4.78, 5) is 18.3. The summed E-state index contributed by atoms with van der Waals surface area (Å²) >= 11 is 0. The molecule has 0 unspecified atom stereocenters. The summed E-state index contributed by atoms with van der Waals surface area (Å²) in [5, 5.41) is 13.2. The van der Waals surface area contributed by atoms with E-state index in [4.69, 9.17) is 0 Å². The summed E-state index contributed by atoms with van der Waals surface area (Å²) < 4.78 is 0. The van der Waals surface area contributed by atoms with Crippen molar-refractivity contribution in [1.82, 2.24) is 26.2 Å². The Morgan fingerprint density at radius 3 is 2.31 bits per heavy atom. The van der Waals surface area contributed by atoms with Crippen LogP contribution >= 0.6 is 24.0 Å². The molecule has 0 radical (unpaired) electrons. The molecule has 1 fully saturated rings. The maximum absolute atomic E-state index is 11.8. The number of nitrogens with one attached hydrogen (secondary N) is 4. The van der Waals surface area contributed by atoms with Crippen LogP contribution < -0.4 is 21.3 Å². The van der Waals surface area contributed by atoms with Gasteiger partial charge in [0.2, 0.25) is 5.91 Å². The molecular formula is C18H39IN6O. The van der Waals surface area contributed by atoms with Crippen molar-refractivity contribution in [2.75, 3.05) is 46.3 Å². The second kappa shape index (κ2) is 13.5. The van der Waals surface area contributed by atoms with Gasteiger partial charge in [-0.2, -0.15) is 0 Å². The standard InChI is InChI=1S/C18H38N6O.HI/c1-6-9-20-16(25)14-24-12-7-15(8-13-24)23-17(19-5)21-10-11-22-18(2,3)4;/h15,22H,6-14H2,1-5H3,(H,20,25)(H2,19,21,23);1H. The highest BCUT2D eigenvalue weighted by atomic mass is 127. The second-order valence-electron chi connectivity index (χ2n) is 7.72. The van der Waals surface area contributed by atoms with Crippen LogP contribution in [0.5, 0.6) is 0 Å². The van der Waals surface area contributed by atoms with Crippen LogP contribution in [0.1, 0.15) is 47.0 Å². The molecule has 4 N–H and O–H groups in total. The molecule has 1 amide bonds. The van der Waals surface area contributed by atoms with Crippen LogP contribution in [0.3, 0.4) is 0 Å². The Kier molecular flexibility index (Phi) is 13.2. The van der Waals surface area contributed by atoms with Crippen LogP contribution in [0.2, 0.25) is 0 Å². The number of hydrogen-bond donors (Lipinski definition) is 4. The van der Waals surface area contributed by atoms with E-state index < -0.39 is 0 Å². The summed E-state index contributed by atoms with van der Waals surface area (Å²) in [5.41, 5.74) is 0.134. The van der Waals surface area contributed by atoms with Gasteiger partial charge in [0.1, 0.15) is 0 Å². The Bertz CT molecular complexity index is 416. The van der Waals surface area contributed by atoms with Crippen molar-refractivity contribution in [3.8, 4) is 0 Å². The summed E-state index contributed by atoms with van der Waals surface area (Å²) in [6, 6.07) is 0.414. The zero-order valence-corrected chi connectivity index (χ0v) is 19.5. The van der Waals surface area contributed by atoms with Gasteiger partial charge in [0, 0.05) is 51.4 Å². The quantitative estimate of drug-likeness (QED) is 0.181. The van der Waals surface area contributed by atoms with Gasteiger partial charge in [-0.05, 0) is 40.0 Å². The van der Waals surface area contributed by atoms with Crippen LogP contribution in [0.4, 0.5) is 0 Å². The van der Waals surface area contributed by atoms with Gasteiger partial charge in [-0.15, -0.1) is 24.0 Å². The van der Waals surface area contributed by atoms with Crippen LogP contribution in [0, 0.1) is 0 Å². The van der Waals surface area contributed by atoms with Gasteiger partial charge in [-0.3, -0.25) is 14.7 Å². The first-order valence-corrected chi connectivity index (χ1v) is 9.55. The Labute approximate surface area is 176 Å². The molecule has 154 valence electrons. The molecule has 0 atom stereocenters. The van der Waals surface area contributed by atoms with Crippen molar-refractivity contribution in [1.29, 1.82) is 0 Å². The fraction of sp³-hybridized carbons (Fsp3) is 0.889. The van der Waals surface area contributed by atoms with E-state index in [9.17, 15) is 4.79 Å². The molecule has 0 bridgehead atoms. The molecule has 0 spiro atoms. The number of nitrogens with zero attached hydrogens (tertiary/aromatic N) is 2.